The van der Waals surface area contributed by atoms with E-state index in [9.17, 15) is 34.1 Å². The van der Waals surface area contributed by atoms with E-state index < -0.39 is 65.3 Å². The number of nitrogens with two attached hydrogens (primary N) is 1. The van der Waals surface area contributed by atoms with Crippen molar-refractivity contribution >= 4 is 47.2 Å². The van der Waals surface area contributed by atoms with E-state index in [0.29, 0.717) is 13.2 Å². The molecular weight excluding hydrogens is 532 g/mol. The third-order valence-electron chi connectivity index (χ3n) is 4.90. The number of ether oxygens (including phenoxy) is 3. The van der Waals surface area contributed by atoms with Gasteiger partial charge < -0.3 is 40.8 Å². The summed E-state index contributed by atoms with van der Waals surface area (Å²) in [6.07, 6.45) is -1.28. The van der Waals surface area contributed by atoms with Gasteiger partial charge >= 0.3 is 17.9 Å². The number of esters is 1. The first kappa shape index (κ1) is 30.4. The lowest BCUT2D eigenvalue weighted by molar-refractivity contribution is -0.387. The van der Waals surface area contributed by atoms with Gasteiger partial charge in [-0.1, -0.05) is 0 Å². The van der Waals surface area contributed by atoms with Crippen molar-refractivity contribution < 1.29 is 53.3 Å². The number of aliphatic carboxylic acids is 2. The predicted octanol–water partition coefficient (Wildman–Crippen LogP) is -0.906. The molecule has 38 heavy (non-hydrogen) atoms. The number of hydrogen-bond donors (Lipinski definition) is 5. The number of amides is 2. The van der Waals surface area contributed by atoms with Gasteiger partial charge in [-0.2, -0.15) is 0 Å². The van der Waals surface area contributed by atoms with Gasteiger partial charge in [0.2, 0.25) is 11.8 Å². The number of benzene rings is 1. The molecule has 0 radical (unpaired) electrons. The second kappa shape index (κ2) is 14.8. The van der Waals surface area contributed by atoms with E-state index in [-0.39, 0.29) is 35.7 Å². The van der Waals surface area contributed by atoms with E-state index in [1.54, 1.807) is 0 Å². The molecule has 0 saturated carbocycles. The number of nitrogens with zero attached hydrogens (tertiary/aromatic N) is 1. The number of nitro benzene ring substituents is 1. The van der Waals surface area contributed by atoms with Crippen LogP contribution in [0.1, 0.15) is 23.2 Å². The number of nitro groups is 1. The molecular formula is C21H26N4O12S. The molecule has 1 aliphatic rings. The Morgan fingerprint density at radius 2 is 1.89 bits per heavy atom. The van der Waals surface area contributed by atoms with Crippen molar-refractivity contribution in [2.75, 3.05) is 32.1 Å². The van der Waals surface area contributed by atoms with E-state index in [0.717, 1.165) is 17.8 Å². The zero-order valence-corrected chi connectivity index (χ0v) is 20.6. The Morgan fingerprint density at radius 3 is 2.50 bits per heavy atom. The quantitative estimate of drug-likeness (QED) is 0.0757. The van der Waals surface area contributed by atoms with Gasteiger partial charge in [0, 0.05) is 18.2 Å². The van der Waals surface area contributed by atoms with Crippen LogP contribution < -0.4 is 16.4 Å². The highest BCUT2D eigenvalue weighted by molar-refractivity contribution is 7.99. The maximum atomic E-state index is 12.5. The van der Waals surface area contributed by atoms with Gasteiger partial charge in [-0.05, 0) is 18.6 Å². The Kier molecular flexibility index (Phi) is 11.9. The molecule has 0 aromatic heterocycles. The van der Waals surface area contributed by atoms with Crippen LogP contribution in [0.3, 0.4) is 0 Å². The largest absolute Gasteiger partial charge is 0.480 e. The number of carbonyl (C=O) groups is 5. The van der Waals surface area contributed by atoms with E-state index >= 15 is 0 Å². The van der Waals surface area contributed by atoms with Gasteiger partial charge in [-0.3, -0.25) is 29.3 Å². The minimum absolute atomic E-state index is 0.0483. The number of carbonyl (C=O) groups excluding carboxylic acids is 3. The lowest BCUT2D eigenvalue weighted by Crippen LogP contribution is -2.49. The monoisotopic (exact) mass is 558 g/mol. The molecule has 1 saturated heterocycles. The second-order valence-corrected chi connectivity index (χ2v) is 8.80. The minimum Gasteiger partial charge on any atom is -0.480 e. The summed E-state index contributed by atoms with van der Waals surface area (Å²) >= 11 is 0.796. The maximum Gasteiger partial charge on any atom is 0.338 e. The molecule has 17 heteroatoms. The molecule has 1 fully saturated rings. The normalized spacial score (nSPS) is 14.8. The van der Waals surface area contributed by atoms with Crippen LogP contribution in [0, 0.1) is 10.1 Å². The third kappa shape index (κ3) is 9.92. The first-order valence-electron chi connectivity index (χ1n) is 11.1. The van der Waals surface area contributed by atoms with E-state index in [1.165, 1.54) is 12.1 Å². The van der Waals surface area contributed by atoms with Crippen molar-refractivity contribution in [1.29, 1.82) is 0 Å². The number of rotatable bonds is 15. The first-order chi connectivity index (χ1) is 18.0. The van der Waals surface area contributed by atoms with Gasteiger partial charge in [-0.15, -0.1) is 11.8 Å². The summed E-state index contributed by atoms with van der Waals surface area (Å²) in [6, 6.07) is 0.900. The van der Waals surface area contributed by atoms with Crippen molar-refractivity contribution in [3.63, 3.8) is 0 Å². The molecule has 1 aromatic carbocycles. The van der Waals surface area contributed by atoms with Crippen molar-refractivity contribution in [3.05, 3.63) is 33.9 Å². The number of nitrogens with one attached hydrogen (secondary N) is 2. The van der Waals surface area contributed by atoms with E-state index in [2.05, 4.69) is 10.6 Å². The van der Waals surface area contributed by atoms with Crippen molar-refractivity contribution in [1.82, 2.24) is 10.6 Å². The molecule has 2 rings (SSSR count). The first-order valence-corrected chi connectivity index (χ1v) is 12.0. The van der Waals surface area contributed by atoms with Gasteiger partial charge in [0.1, 0.15) is 25.2 Å². The lowest BCUT2D eigenvalue weighted by Gasteiger charge is -2.18. The van der Waals surface area contributed by atoms with Crippen molar-refractivity contribution in [2.24, 2.45) is 5.73 Å². The summed E-state index contributed by atoms with van der Waals surface area (Å²) in [7, 11) is 0. The highest BCUT2D eigenvalue weighted by atomic mass is 32.2. The van der Waals surface area contributed by atoms with Crippen LogP contribution in [0.2, 0.25) is 0 Å². The van der Waals surface area contributed by atoms with Gasteiger partial charge in [0.05, 0.1) is 28.6 Å². The van der Waals surface area contributed by atoms with Crippen molar-refractivity contribution in [2.45, 2.75) is 36.1 Å². The van der Waals surface area contributed by atoms with Crippen LogP contribution in [0.5, 0.6) is 0 Å². The predicted molar refractivity (Wildman–Crippen MR) is 127 cm³/mol. The van der Waals surface area contributed by atoms with Crippen LogP contribution in [-0.4, -0.2) is 95.4 Å². The topological polar surface area (TPSA) is 247 Å². The van der Waals surface area contributed by atoms with Gasteiger partial charge in [-0.25, -0.2) is 4.79 Å². The lowest BCUT2D eigenvalue weighted by atomic mass is 10.1. The number of carboxylic acids is 2. The summed E-state index contributed by atoms with van der Waals surface area (Å²) in [4.78, 5) is 69.5. The Hall–Kier alpha value is -3.80. The number of hydrogen-bond acceptors (Lipinski definition) is 12. The van der Waals surface area contributed by atoms with Crippen LogP contribution in [0.15, 0.2) is 23.1 Å². The Labute approximate surface area is 219 Å². The average molecular weight is 559 g/mol. The smallest absolute Gasteiger partial charge is 0.338 e. The highest BCUT2D eigenvalue weighted by Gasteiger charge is 2.26. The standard InChI is InChI=1S/C21H26N4O12S/c22-12(20(30)31)2-4-16(26)24-13(19(29)23-8-17(27)28)10-38-15-3-1-11(7-14(15)25(33)34)21(32)37-9-18-35-5-6-36-18/h1,3,7,12-13,18H,2,4-6,8-10,22H2,(H,23,29)(H,24,26)(H,27,28)(H,30,31)/t12-,13-/m0/s1. The second-order valence-electron chi connectivity index (χ2n) is 7.74. The molecule has 2 atom stereocenters. The minimum atomic E-state index is -1.34. The molecule has 1 aliphatic heterocycles. The van der Waals surface area contributed by atoms with Crippen LogP contribution >= 0.6 is 11.8 Å². The molecule has 0 bridgehead atoms. The molecule has 208 valence electrons. The fourth-order valence-corrected chi connectivity index (χ4v) is 3.98. The molecule has 0 spiro atoms. The molecule has 16 nitrogen and oxygen atoms in total. The fourth-order valence-electron chi connectivity index (χ4n) is 2.96. The summed E-state index contributed by atoms with van der Waals surface area (Å²) in [6.45, 7) is -0.239. The van der Waals surface area contributed by atoms with Crippen LogP contribution in [0.4, 0.5) is 5.69 Å². The zero-order valence-electron chi connectivity index (χ0n) is 19.8. The summed E-state index contributed by atoms with van der Waals surface area (Å²) in [5.74, 6) is -5.38. The maximum absolute atomic E-state index is 12.5. The summed E-state index contributed by atoms with van der Waals surface area (Å²) < 4.78 is 15.3. The molecule has 1 heterocycles. The van der Waals surface area contributed by atoms with E-state index in [1.807, 2.05) is 0 Å². The Balaban J connectivity index is 2.09. The molecule has 6 N–H and O–H groups in total. The van der Waals surface area contributed by atoms with Crippen molar-refractivity contribution in [3.8, 4) is 0 Å². The summed E-state index contributed by atoms with van der Waals surface area (Å²) in [5.41, 5.74) is 4.78. The summed E-state index contributed by atoms with van der Waals surface area (Å²) in [5, 5.41) is 33.7. The molecule has 0 unspecified atom stereocenters. The zero-order chi connectivity index (χ0) is 28.2. The fraction of sp³-hybridized carbons (Fsp3) is 0.476. The highest BCUT2D eigenvalue weighted by Crippen LogP contribution is 2.31. The molecule has 1 aromatic rings. The Bertz CT molecular complexity index is 1060. The van der Waals surface area contributed by atoms with Gasteiger partial charge in [0.15, 0.2) is 6.29 Å². The average Bonchev–Trinajstić information content (AvgIpc) is 3.40. The SMILES string of the molecule is N[C@@H](CCC(=O)N[C@@H](CSc1ccc(C(=O)OCC2OCCO2)cc1[N+](=O)[O-])C(=O)NCC(=O)O)C(=O)O. The molecule has 0 aliphatic carbocycles. The van der Waals surface area contributed by atoms with Gasteiger partial charge in [0.25, 0.3) is 5.69 Å². The van der Waals surface area contributed by atoms with Crippen LogP contribution in [0.25, 0.3) is 0 Å². The van der Waals surface area contributed by atoms with E-state index in [4.69, 9.17) is 30.2 Å². The Morgan fingerprint density at radius 1 is 1.21 bits per heavy atom. The molecule has 2 amide bonds. The number of carboxylic acid groups (broad SMARTS) is 2. The third-order valence-corrected chi connectivity index (χ3v) is 6.06. The van der Waals surface area contributed by atoms with Crippen LogP contribution in [-0.2, 0) is 33.4 Å². The number of thioether (sulfide) groups is 1.